The Kier molecular flexibility index (Phi) is 3.55. The summed E-state index contributed by atoms with van der Waals surface area (Å²) in [7, 11) is 0. The fraction of sp³-hybridized carbons (Fsp3) is 0.846. The lowest BCUT2D eigenvalue weighted by molar-refractivity contribution is -0.164. The molecule has 0 spiro atoms. The highest BCUT2D eigenvalue weighted by atomic mass is 16.6. The predicted octanol–water partition coefficient (Wildman–Crippen LogP) is 2.12. The van der Waals surface area contributed by atoms with Gasteiger partial charge in [0.1, 0.15) is 11.6 Å². The molecule has 17 heavy (non-hydrogen) atoms. The Morgan fingerprint density at radius 3 is 2.18 bits per heavy atom. The molecule has 0 aromatic rings. The second kappa shape index (κ2) is 4.31. The normalized spacial score (nSPS) is 21.9. The summed E-state index contributed by atoms with van der Waals surface area (Å²) >= 11 is 0. The van der Waals surface area contributed by atoms with Gasteiger partial charge in [-0.1, -0.05) is 0 Å². The van der Waals surface area contributed by atoms with Crippen molar-refractivity contribution >= 4 is 11.9 Å². The van der Waals surface area contributed by atoms with Gasteiger partial charge in [-0.05, 0) is 48.0 Å². The summed E-state index contributed by atoms with van der Waals surface area (Å²) in [6.07, 6.45) is 0.992. The zero-order chi connectivity index (χ0) is 13.4. The Bertz CT molecular complexity index is 323. The Balaban J connectivity index is 2.84. The molecule has 0 radical (unpaired) electrons. The summed E-state index contributed by atoms with van der Waals surface area (Å²) in [5, 5.41) is 0. The second-order valence-electron chi connectivity index (χ2n) is 6.52. The largest absolute Gasteiger partial charge is 0.458 e. The van der Waals surface area contributed by atoms with Crippen molar-refractivity contribution in [3.63, 3.8) is 0 Å². The monoisotopic (exact) mass is 241 g/mol. The molecule has 0 aromatic heterocycles. The van der Waals surface area contributed by atoms with Crippen LogP contribution in [0.5, 0.6) is 0 Å². The Labute approximate surface area is 103 Å². The van der Waals surface area contributed by atoms with Crippen LogP contribution in [0.2, 0.25) is 0 Å². The molecule has 0 aliphatic carbocycles. The number of esters is 1. The van der Waals surface area contributed by atoms with E-state index >= 15 is 0 Å². The third-order valence-corrected chi connectivity index (χ3v) is 2.61. The van der Waals surface area contributed by atoms with Crippen molar-refractivity contribution in [2.45, 2.75) is 71.6 Å². The lowest BCUT2D eigenvalue weighted by atomic mass is 10.0. The van der Waals surface area contributed by atoms with Crippen LogP contribution < -0.4 is 0 Å². The molecule has 0 aromatic carbocycles. The Morgan fingerprint density at radius 2 is 1.76 bits per heavy atom. The first-order chi connectivity index (χ1) is 7.52. The molecule has 4 heteroatoms. The van der Waals surface area contributed by atoms with Gasteiger partial charge in [-0.2, -0.15) is 0 Å². The molecule has 1 amide bonds. The van der Waals surface area contributed by atoms with Gasteiger partial charge in [0.15, 0.2) is 0 Å². The van der Waals surface area contributed by atoms with E-state index in [1.807, 2.05) is 41.5 Å². The standard InChI is InChI=1S/C13H23NO3/c1-12(2,3)14-9(7-8-10(14)15)11(16)17-13(4,5)6/h9H,7-8H2,1-6H3/t9-/m0/s1. The average molecular weight is 241 g/mol. The molecule has 1 saturated heterocycles. The van der Waals surface area contributed by atoms with Crippen molar-refractivity contribution in [2.75, 3.05) is 0 Å². The predicted molar refractivity (Wildman–Crippen MR) is 65.5 cm³/mol. The van der Waals surface area contributed by atoms with Gasteiger partial charge < -0.3 is 9.64 Å². The van der Waals surface area contributed by atoms with Gasteiger partial charge in [0, 0.05) is 12.0 Å². The van der Waals surface area contributed by atoms with Gasteiger partial charge in [-0.15, -0.1) is 0 Å². The van der Waals surface area contributed by atoms with Crippen LogP contribution in [-0.2, 0) is 14.3 Å². The molecule has 1 aliphatic rings. The van der Waals surface area contributed by atoms with E-state index in [9.17, 15) is 9.59 Å². The summed E-state index contributed by atoms with van der Waals surface area (Å²) in [5.74, 6) is -0.258. The highest BCUT2D eigenvalue weighted by molar-refractivity contribution is 5.88. The first-order valence-electron chi connectivity index (χ1n) is 6.07. The summed E-state index contributed by atoms with van der Waals surface area (Å²) in [5.41, 5.74) is -0.846. The zero-order valence-corrected chi connectivity index (χ0v) is 11.7. The van der Waals surface area contributed by atoms with E-state index in [0.717, 1.165) is 0 Å². The number of hydrogen-bond acceptors (Lipinski definition) is 3. The molecule has 1 heterocycles. The maximum absolute atomic E-state index is 12.0. The first-order valence-corrected chi connectivity index (χ1v) is 6.07. The lowest BCUT2D eigenvalue weighted by Gasteiger charge is -2.37. The van der Waals surface area contributed by atoms with Crippen molar-refractivity contribution in [3.05, 3.63) is 0 Å². The van der Waals surface area contributed by atoms with Crippen molar-refractivity contribution in [3.8, 4) is 0 Å². The lowest BCUT2D eigenvalue weighted by Crippen LogP contribution is -2.51. The topological polar surface area (TPSA) is 46.6 Å². The van der Waals surface area contributed by atoms with E-state index in [1.165, 1.54) is 0 Å². The maximum Gasteiger partial charge on any atom is 0.329 e. The van der Waals surface area contributed by atoms with Crippen LogP contribution in [0.1, 0.15) is 54.4 Å². The van der Waals surface area contributed by atoms with Gasteiger partial charge >= 0.3 is 5.97 Å². The van der Waals surface area contributed by atoms with Gasteiger partial charge in [0.2, 0.25) is 5.91 Å². The van der Waals surface area contributed by atoms with E-state index in [1.54, 1.807) is 4.90 Å². The van der Waals surface area contributed by atoms with Gasteiger partial charge in [-0.3, -0.25) is 4.79 Å². The number of ether oxygens (including phenoxy) is 1. The first kappa shape index (κ1) is 14.0. The zero-order valence-electron chi connectivity index (χ0n) is 11.7. The van der Waals surface area contributed by atoms with Crippen molar-refractivity contribution in [1.29, 1.82) is 0 Å². The summed E-state index contributed by atoms with van der Waals surface area (Å²) in [6.45, 7) is 11.3. The summed E-state index contributed by atoms with van der Waals surface area (Å²) in [4.78, 5) is 25.5. The fourth-order valence-electron chi connectivity index (χ4n) is 2.12. The smallest absolute Gasteiger partial charge is 0.329 e. The van der Waals surface area contributed by atoms with E-state index in [-0.39, 0.29) is 17.4 Å². The number of hydrogen-bond donors (Lipinski definition) is 0. The molecule has 1 atom stereocenters. The quantitative estimate of drug-likeness (QED) is 0.661. The third kappa shape index (κ3) is 3.45. The van der Waals surface area contributed by atoms with Crippen LogP contribution in [0.25, 0.3) is 0 Å². The molecular weight excluding hydrogens is 218 g/mol. The Hall–Kier alpha value is -1.06. The molecule has 0 bridgehead atoms. The number of amides is 1. The molecule has 0 N–H and O–H groups in total. The Morgan fingerprint density at radius 1 is 1.24 bits per heavy atom. The molecule has 1 fully saturated rings. The molecule has 4 nitrogen and oxygen atoms in total. The fourth-order valence-corrected chi connectivity index (χ4v) is 2.12. The number of carbonyl (C=O) groups excluding carboxylic acids is 2. The minimum atomic E-state index is -0.508. The van der Waals surface area contributed by atoms with Crippen molar-refractivity contribution in [1.82, 2.24) is 4.90 Å². The molecule has 1 rings (SSSR count). The molecule has 0 unspecified atom stereocenters. The molecule has 1 aliphatic heterocycles. The number of rotatable bonds is 1. The molecular formula is C13H23NO3. The van der Waals surface area contributed by atoms with Crippen LogP contribution in [0.15, 0.2) is 0 Å². The number of carbonyl (C=O) groups is 2. The minimum absolute atomic E-state index is 0.0355. The van der Waals surface area contributed by atoms with E-state index in [0.29, 0.717) is 12.8 Å². The maximum atomic E-state index is 12.0. The second-order valence-corrected chi connectivity index (χ2v) is 6.52. The molecule has 0 saturated carbocycles. The van der Waals surface area contributed by atoms with Crippen LogP contribution in [0.4, 0.5) is 0 Å². The van der Waals surface area contributed by atoms with E-state index < -0.39 is 11.6 Å². The summed E-state index contributed by atoms with van der Waals surface area (Å²) in [6, 6.07) is -0.429. The SMILES string of the molecule is CC(C)(C)OC(=O)[C@@H]1CCC(=O)N1C(C)(C)C. The minimum Gasteiger partial charge on any atom is -0.458 e. The van der Waals surface area contributed by atoms with Crippen molar-refractivity contribution in [2.24, 2.45) is 0 Å². The van der Waals surface area contributed by atoms with Gasteiger partial charge in [-0.25, -0.2) is 4.79 Å². The number of likely N-dealkylation sites (tertiary alicyclic amines) is 1. The van der Waals surface area contributed by atoms with Crippen LogP contribution in [0, 0.1) is 0 Å². The van der Waals surface area contributed by atoms with Gasteiger partial charge in [0.05, 0.1) is 0 Å². The highest BCUT2D eigenvalue weighted by Gasteiger charge is 2.43. The van der Waals surface area contributed by atoms with Crippen LogP contribution >= 0.6 is 0 Å². The summed E-state index contributed by atoms with van der Waals surface area (Å²) < 4.78 is 5.36. The van der Waals surface area contributed by atoms with E-state index in [2.05, 4.69) is 0 Å². The van der Waals surface area contributed by atoms with Crippen LogP contribution in [0.3, 0.4) is 0 Å². The number of nitrogens with zero attached hydrogens (tertiary/aromatic N) is 1. The van der Waals surface area contributed by atoms with Gasteiger partial charge in [0.25, 0.3) is 0 Å². The molecule has 98 valence electrons. The third-order valence-electron chi connectivity index (χ3n) is 2.61. The highest BCUT2D eigenvalue weighted by Crippen LogP contribution is 2.29. The van der Waals surface area contributed by atoms with Crippen molar-refractivity contribution < 1.29 is 14.3 Å². The van der Waals surface area contributed by atoms with E-state index in [4.69, 9.17) is 4.74 Å². The average Bonchev–Trinajstić information content (AvgIpc) is 2.42. The van der Waals surface area contributed by atoms with Crippen LogP contribution in [-0.4, -0.2) is 34.0 Å².